The fraction of sp³-hybridized carbons (Fsp3) is 0.800. The van der Waals surface area contributed by atoms with Crippen molar-refractivity contribution in [1.82, 2.24) is 0 Å². The van der Waals surface area contributed by atoms with E-state index in [1.807, 2.05) is 0 Å². The highest BCUT2D eigenvalue weighted by molar-refractivity contribution is 9.12. The molecule has 0 N–H and O–H groups in total. The van der Waals surface area contributed by atoms with Crippen LogP contribution < -0.4 is 0 Å². The van der Waals surface area contributed by atoms with E-state index in [1.165, 1.54) is 55.7 Å². The van der Waals surface area contributed by atoms with Crippen LogP contribution in [0, 0.1) is 11.8 Å². The maximum Gasteiger partial charge on any atom is 0.215 e. The van der Waals surface area contributed by atoms with Crippen molar-refractivity contribution in [2.24, 2.45) is 11.8 Å². The van der Waals surface area contributed by atoms with E-state index in [0.717, 1.165) is 5.92 Å². The van der Waals surface area contributed by atoms with E-state index in [4.69, 9.17) is 0 Å². The Kier molecular flexibility index (Phi) is 9.13. The Hall–Kier alpha value is 0.0249. The normalized spacial score (nSPS) is 18.4. The van der Waals surface area contributed by atoms with E-state index in [1.54, 1.807) is 0 Å². The summed E-state index contributed by atoms with van der Waals surface area (Å²) in [5.74, 6) is 3.93. The molecule has 1 rings (SSSR count). The van der Waals surface area contributed by atoms with Crippen LogP contribution in [0.15, 0.2) is 22.5 Å². The first-order valence-corrected chi connectivity index (χ1v) is 10.2. The van der Waals surface area contributed by atoms with Crippen LogP contribution in [0.3, 0.4) is 0 Å². The Balaban J connectivity index is 2.87. The second-order valence-corrected chi connectivity index (χ2v) is 8.89. The largest absolute Gasteiger partial charge is 0.215 e. The lowest BCUT2D eigenvalue weighted by Gasteiger charge is -2.35. The molecule has 0 aliphatic heterocycles. The lowest BCUT2D eigenvalue weighted by Crippen LogP contribution is -2.32. The monoisotopic (exact) mass is 366 g/mol. The van der Waals surface area contributed by atoms with Crippen molar-refractivity contribution >= 4 is 22.6 Å². The molecule has 0 radical (unpaired) electrons. The van der Waals surface area contributed by atoms with E-state index < -0.39 is 0 Å². The van der Waals surface area contributed by atoms with Gasteiger partial charge in [-0.2, -0.15) is 0 Å². The standard InChI is InChI=1S/C20H36BBr/c1-6-7-8-12-15-21(20(4,5)17(2)3)19(22)16-18-13-10-9-11-14-18/h12,15-18H,6-11,13-14H2,1-5H3/b15-12+,19-16-. The number of allylic oxidation sites excluding steroid dienone is 2. The minimum absolute atomic E-state index is 0.284. The van der Waals surface area contributed by atoms with Gasteiger partial charge < -0.3 is 0 Å². The summed E-state index contributed by atoms with van der Waals surface area (Å²) in [6.45, 7) is 12.3. The molecule has 0 aromatic rings. The molecule has 0 bridgehead atoms. The second-order valence-electron chi connectivity index (χ2n) is 7.97. The zero-order valence-corrected chi connectivity index (χ0v) is 17.1. The molecule has 0 spiro atoms. The van der Waals surface area contributed by atoms with Crippen LogP contribution in [0.2, 0.25) is 5.31 Å². The minimum Gasteiger partial charge on any atom is -0.113 e. The molecule has 0 atom stereocenters. The summed E-state index contributed by atoms with van der Waals surface area (Å²) in [7, 11) is 0. The van der Waals surface area contributed by atoms with Gasteiger partial charge in [0.25, 0.3) is 0 Å². The van der Waals surface area contributed by atoms with E-state index in [0.29, 0.717) is 12.6 Å². The van der Waals surface area contributed by atoms with Crippen molar-refractivity contribution in [2.75, 3.05) is 0 Å². The minimum atomic E-state index is 0.284. The maximum absolute atomic E-state index is 3.96. The Morgan fingerprint density at radius 1 is 1.23 bits per heavy atom. The summed E-state index contributed by atoms with van der Waals surface area (Å²) in [5.41, 5.74) is 0. The van der Waals surface area contributed by atoms with Crippen molar-refractivity contribution in [3.63, 3.8) is 0 Å². The molecule has 2 heteroatoms. The van der Waals surface area contributed by atoms with Crippen molar-refractivity contribution in [3.05, 3.63) is 22.5 Å². The first-order valence-electron chi connectivity index (χ1n) is 9.43. The van der Waals surface area contributed by atoms with Crippen LogP contribution in [0.5, 0.6) is 0 Å². The van der Waals surface area contributed by atoms with E-state index in [9.17, 15) is 0 Å². The average Bonchev–Trinajstić information content (AvgIpc) is 2.47. The molecular formula is C20H36BBr. The zero-order chi connectivity index (χ0) is 16.6. The first kappa shape index (κ1) is 20.1. The molecule has 0 aromatic heterocycles. The molecule has 1 saturated carbocycles. The Labute approximate surface area is 148 Å². The molecule has 0 heterocycles. The van der Waals surface area contributed by atoms with Crippen LogP contribution in [-0.4, -0.2) is 6.71 Å². The summed E-state index contributed by atoms with van der Waals surface area (Å²) in [6, 6.07) is 0. The lowest BCUT2D eigenvalue weighted by molar-refractivity contribution is 0.419. The third-order valence-corrected chi connectivity index (χ3v) is 6.44. The highest BCUT2D eigenvalue weighted by Gasteiger charge is 2.36. The van der Waals surface area contributed by atoms with Gasteiger partial charge in [-0.15, -0.1) is 5.98 Å². The molecular weight excluding hydrogens is 331 g/mol. The quantitative estimate of drug-likeness (QED) is 0.306. The summed E-state index contributed by atoms with van der Waals surface area (Å²) in [5, 5.41) is 0.284. The van der Waals surface area contributed by atoms with Crippen LogP contribution in [0.1, 0.15) is 86.0 Å². The predicted octanol–water partition coefficient (Wildman–Crippen LogP) is 7.60. The Bertz CT molecular complexity index is 362. The van der Waals surface area contributed by atoms with Crippen LogP contribution in [0.25, 0.3) is 0 Å². The topological polar surface area (TPSA) is 0 Å². The van der Waals surface area contributed by atoms with Crippen LogP contribution >= 0.6 is 15.9 Å². The predicted molar refractivity (Wildman–Crippen MR) is 107 cm³/mol. The van der Waals surface area contributed by atoms with Crippen LogP contribution in [0.4, 0.5) is 0 Å². The molecule has 126 valence electrons. The Morgan fingerprint density at radius 2 is 1.86 bits per heavy atom. The molecule has 0 amide bonds. The summed E-state index contributed by atoms with van der Waals surface area (Å²) < 4.78 is 1.42. The number of hydrogen-bond acceptors (Lipinski definition) is 0. The SMILES string of the molecule is CCCC/C=C/B(/C(Br)=C/C1CCCCC1)C(C)(C)C(C)C. The highest BCUT2D eigenvalue weighted by Crippen LogP contribution is 2.43. The maximum atomic E-state index is 3.96. The van der Waals surface area contributed by atoms with Crippen LogP contribution in [-0.2, 0) is 0 Å². The van der Waals surface area contributed by atoms with Gasteiger partial charge in [-0.3, -0.25) is 0 Å². The molecule has 22 heavy (non-hydrogen) atoms. The van der Waals surface area contributed by atoms with Crippen molar-refractivity contribution < 1.29 is 0 Å². The van der Waals surface area contributed by atoms with Gasteiger partial charge in [0.05, 0.1) is 0 Å². The van der Waals surface area contributed by atoms with Gasteiger partial charge in [0, 0.05) is 0 Å². The molecule has 1 aliphatic rings. The fourth-order valence-corrected chi connectivity index (χ4v) is 4.35. The fourth-order valence-electron chi connectivity index (χ4n) is 3.24. The van der Waals surface area contributed by atoms with E-state index >= 15 is 0 Å². The molecule has 0 saturated heterocycles. The van der Waals surface area contributed by atoms with Gasteiger partial charge in [-0.1, -0.05) is 94.8 Å². The molecule has 0 aromatic carbocycles. The average molecular weight is 367 g/mol. The first-order chi connectivity index (χ1) is 10.4. The second kappa shape index (κ2) is 10.0. The van der Waals surface area contributed by atoms with Gasteiger partial charge in [-0.25, -0.2) is 0 Å². The molecule has 0 nitrogen and oxygen atoms in total. The third-order valence-electron chi connectivity index (χ3n) is 5.68. The third kappa shape index (κ3) is 6.26. The molecule has 0 unspecified atom stereocenters. The molecule has 1 fully saturated rings. The summed E-state index contributed by atoms with van der Waals surface area (Å²) in [6.07, 6.45) is 15.7. The summed E-state index contributed by atoms with van der Waals surface area (Å²) in [4.78, 5) is 0. The van der Waals surface area contributed by atoms with Crippen molar-refractivity contribution in [2.45, 2.75) is 91.3 Å². The van der Waals surface area contributed by atoms with Gasteiger partial charge in [0.15, 0.2) is 0 Å². The lowest BCUT2D eigenvalue weighted by atomic mass is 9.31. The van der Waals surface area contributed by atoms with E-state index in [-0.39, 0.29) is 5.31 Å². The highest BCUT2D eigenvalue weighted by atomic mass is 79.9. The van der Waals surface area contributed by atoms with Gasteiger partial charge in [-0.05, 0) is 40.8 Å². The van der Waals surface area contributed by atoms with Gasteiger partial charge in [0.2, 0.25) is 6.71 Å². The summed E-state index contributed by atoms with van der Waals surface area (Å²) >= 11 is 3.96. The molecule has 1 aliphatic carbocycles. The number of halogens is 1. The van der Waals surface area contributed by atoms with E-state index in [2.05, 4.69) is 68.7 Å². The van der Waals surface area contributed by atoms with Gasteiger partial charge in [0.1, 0.15) is 0 Å². The zero-order valence-electron chi connectivity index (χ0n) is 15.5. The van der Waals surface area contributed by atoms with Crippen molar-refractivity contribution in [3.8, 4) is 0 Å². The number of hydrogen-bond donors (Lipinski definition) is 0. The smallest absolute Gasteiger partial charge is 0.113 e. The number of rotatable bonds is 8. The van der Waals surface area contributed by atoms with Gasteiger partial charge >= 0.3 is 0 Å². The number of unbranched alkanes of at least 4 members (excludes halogenated alkanes) is 2. The Morgan fingerprint density at radius 3 is 2.41 bits per heavy atom. The van der Waals surface area contributed by atoms with Crippen molar-refractivity contribution in [1.29, 1.82) is 0 Å².